The van der Waals surface area contributed by atoms with Gasteiger partial charge in [0, 0.05) is 11.8 Å². The SMILES string of the molecule is C#CCO[C@@H](O)CCOc1c(Cl)cc(C(C)(C)c2cc(Cl)c(OC[C@H](O)CCl)c(Cl)c2)cc1Cl. The summed E-state index contributed by atoms with van der Waals surface area (Å²) in [5.74, 6) is 2.87. The molecule has 0 saturated heterocycles. The summed E-state index contributed by atoms with van der Waals surface area (Å²) in [5, 5.41) is 20.5. The third kappa shape index (κ3) is 7.71. The van der Waals surface area contributed by atoms with Crippen LogP contribution in [-0.4, -0.2) is 48.3 Å². The van der Waals surface area contributed by atoms with Gasteiger partial charge in [0.15, 0.2) is 17.8 Å². The fourth-order valence-electron chi connectivity index (χ4n) is 3.00. The van der Waals surface area contributed by atoms with Gasteiger partial charge in [0.05, 0.1) is 32.6 Å². The van der Waals surface area contributed by atoms with Gasteiger partial charge < -0.3 is 24.4 Å². The number of hydrogen-bond acceptors (Lipinski definition) is 5. The predicted molar refractivity (Wildman–Crippen MR) is 138 cm³/mol. The largest absolute Gasteiger partial charge is 0.490 e. The number of halogens is 5. The number of alkyl halides is 1. The molecule has 0 spiro atoms. The summed E-state index contributed by atoms with van der Waals surface area (Å²) in [5.41, 5.74) is 1.000. The summed E-state index contributed by atoms with van der Waals surface area (Å²) in [6.45, 7) is 4.02. The Bertz CT molecular complexity index is 975. The molecule has 2 N–H and O–H groups in total. The first-order valence-corrected chi connectivity index (χ1v) is 12.3. The maximum absolute atomic E-state index is 9.70. The predicted octanol–water partition coefficient (Wildman–Crippen LogP) is 6.34. The molecule has 186 valence electrons. The van der Waals surface area contributed by atoms with E-state index in [4.69, 9.17) is 78.6 Å². The van der Waals surface area contributed by atoms with Gasteiger partial charge in [-0.3, -0.25) is 0 Å². The summed E-state index contributed by atoms with van der Waals surface area (Å²) >= 11 is 31.4. The van der Waals surface area contributed by atoms with Crippen molar-refractivity contribution in [1.82, 2.24) is 0 Å². The molecule has 0 radical (unpaired) electrons. The van der Waals surface area contributed by atoms with Gasteiger partial charge >= 0.3 is 0 Å². The Labute approximate surface area is 224 Å². The Morgan fingerprint density at radius 3 is 1.82 bits per heavy atom. The van der Waals surface area contributed by atoms with Crippen LogP contribution in [-0.2, 0) is 10.2 Å². The van der Waals surface area contributed by atoms with E-state index < -0.39 is 17.8 Å². The number of aliphatic hydroxyl groups excluding tert-OH is 2. The number of aliphatic hydroxyl groups is 2. The molecule has 2 atom stereocenters. The smallest absolute Gasteiger partial charge is 0.159 e. The lowest BCUT2D eigenvalue weighted by atomic mass is 9.78. The highest BCUT2D eigenvalue weighted by molar-refractivity contribution is 6.38. The van der Waals surface area contributed by atoms with E-state index >= 15 is 0 Å². The molecular formula is C24H25Cl5O5. The zero-order valence-corrected chi connectivity index (χ0v) is 22.4. The highest BCUT2D eigenvalue weighted by atomic mass is 35.5. The third-order valence-electron chi connectivity index (χ3n) is 5.01. The molecule has 0 fully saturated rings. The molecule has 0 bridgehead atoms. The molecule has 0 aliphatic heterocycles. The average molecular weight is 571 g/mol. The summed E-state index contributed by atoms with van der Waals surface area (Å²) in [4.78, 5) is 0. The van der Waals surface area contributed by atoms with Gasteiger partial charge in [-0.05, 0) is 35.4 Å². The van der Waals surface area contributed by atoms with E-state index in [1.54, 1.807) is 24.3 Å². The number of hydrogen-bond donors (Lipinski definition) is 2. The summed E-state index contributed by atoms with van der Waals surface area (Å²) < 4.78 is 16.2. The van der Waals surface area contributed by atoms with E-state index in [2.05, 4.69) is 5.92 Å². The van der Waals surface area contributed by atoms with Crippen LogP contribution < -0.4 is 9.47 Å². The molecule has 0 aromatic heterocycles. The molecule has 0 amide bonds. The van der Waals surface area contributed by atoms with E-state index in [9.17, 15) is 10.2 Å². The minimum atomic E-state index is -1.05. The Morgan fingerprint density at radius 1 is 0.912 bits per heavy atom. The van der Waals surface area contributed by atoms with E-state index in [-0.39, 0.29) is 37.9 Å². The van der Waals surface area contributed by atoms with Gasteiger partial charge in [-0.25, -0.2) is 0 Å². The third-order valence-corrected chi connectivity index (χ3v) is 6.49. The fourth-order valence-corrected chi connectivity index (χ4v) is 4.28. The molecule has 34 heavy (non-hydrogen) atoms. The molecular weight excluding hydrogens is 546 g/mol. The van der Waals surface area contributed by atoms with Crippen LogP contribution in [0.1, 0.15) is 31.4 Å². The quantitative estimate of drug-likeness (QED) is 0.177. The number of rotatable bonds is 12. The molecule has 0 aliphatic carbocycles. The number of terminal acetylenes is 1. The zero-order chi connectivity index (χ0) is 25.5. The molecule has 0 unspecified atom stereocenters. The Morgan fingerprint density at radius 2 is 1.38 bits per heavy atom. The average Bonchev–Trinajstić information content (AvgIpc) is 2.78. The van der Waals surface area contributed by atoms with Crippen molar-refractivity contribution < 1.29 is 24.4 Å². The highest BCUT2D eigenvalue weighted by Gasteiger charge is 2.28. The lowest BCUT2D eigenvalue weighted by Crippen LogP contribution is -2.21. The summed E-state index contributed by atoms with van der Waals surface area (Å²) in [6, 6.07) is 6.97. The van der Waals surface area contributed by atoms with Crippen molar-refractivity contribution in [2.24, 2.45) is 0 Å². The second-order valence-electron chi connectivity index (χ2n) is 7.89. The van der Waals surface area contributed by atoms with Crippen LogP contribution in [0.5, 0.6) is 11.5 Å². The molecule has 2 rings (SSSR count). The minimum absolute atomic E-state index is 0.00295. The van der Waals surface area contributed by atoms with Crippen molar-refractivity contribution in [1.29, 1.82) is 0 Å². The second-order valence-corrected chi connectivity index (χ2v) is 9.83. The highest BCUT2D eigenvalue weighted by Crippen LogP contribution is 2.43. The van der Waals surface area contributed by atoms with Crippen molar-refractivity contribution in [2.75, 3.05) is 25.7 Å². The minimum Gasteiger partial charge on any atom is -0.490 e. The van der Waals surface area contributed by atoms with Crippen LogP contribution in [0, 0.1) is 12.3 Å². The lowest BCUT2D eigenvalue weighted by Gasteiger charge is -2.28. The molecule has 0 saturated carbocycles. The standard InChI is InChI=1S/C24H25Cl5O5/c1-4-6-32-21(31)5-7-33-22-17(26)8-14(9-18(22)27)24(2,3)15-10-19(28)23(20(29)11-15)34-13-16(30)12-25/h1,8-11,16,21,30-31H,5-7,12-13H2,2-3H3/t16-,21-/m1/s1. The molecule has 0 heterocycles. The van der Waals surface area contributed by atoms with Crippen molar-refractivity contribution in [3.8, 4) is 23.8 Å². The van der Waals surface area contributed by atoms with Gasteiger partial charge in [0.25, 0.3) is 0 Å². The van der Waals surface area contributed by atoms with Crippen LogP contribution in [0.15, 0.2) is 24.3 Å². The van der Waals surface area contributed by atoms with Crippen molar-refractivity contribution in [3.05, 3.63) is 55.5 Å². The first-order valence-electron chi connectivity index (χ1n) is 10.2. The van der Waals surface area contributed by atoms with E-state index in [1.165, 1.54) is 0 Å². The Hall–Kier alpha value is -1.07. The maximum Gasteiger partial charge on any atom is 0.159 e. The molecule has 2 aromatic rings. The topological polar surface area (TPSA) is 68.2 Å². The molecule has 2 aromatic carbocycles. The van der Waals surface area contributed by atoms with Gasteiger partial charge in [-0.15, -0.1) is 18.0 Å². The normalized spacial score (nSPS) is 13.3. The van der Waals surface area contributed by atoms with Gasteiger partial charge in [-0.2, -0.15) is 0 Å². The summed E-state index contributed by atoms with van der Waals surface area (Å²) in [7, 11) is 0. The Balaban J connectivity index is 2.22. The van der Waals surface area contributed by atoms with Crippen LogP contribution in [0.25, 0.3) is 0 Å². The molecule has 5 nitrogen and oxygen atoms in total. The fraction of sp³-hybridized carbons (Fsp3) is 0.417. The summed E-state index contributed by atoms with van der Waals surface area (Å²) in [6.07, 6.45) is 3.39. The Kier molecular flexibility index (Phi) is 11.4. The monoisotopic (exact) mass is 568 g/mol. The van der Waals surface area contributed by atoms with E-state index in [0.29, 0.717) is 25.8 Å². The maximum atomic E-state index is 9.70. The van der Waals surface area contributed by atoms with Crippen LogP contribution in [0.4, 0.5) is 0 Å². The lowest BCUT2D eigenvalue weighted by molar-refractivity contribution is -0.0957. The van der Waals surface area contributed by atoms with Gasteiger partial charge in [0.2, 0.25) is 0 Å². The van der Waals surface area contributed by atoms with E-state index in [1.807, 2.05) is 13.8 Å². The number of benzene rings is 2. The van der Waals surface area contributed by atoms with Gasteiger partial charge in [0.1, 0.15) is 19.3 Å². The van der Waals surface area contributed by atoms with Crippen LogP contribution in [0.3, 0.4) is 0 Å². The first-order chi connectivity index (χ1) is 16.0. The number of ether oxygens (including phenoxy) is 3. The van der Waals surface area contributed by atoms with Crippen molar-refractivity contribution in [2.45, 2.75) is 38.1 Å². The van der Waals surface area contributed by atoms with Crippen molar-refractivity contribution in [3.63, 3.8) is 0 Å². The molecule has 0 aliphatic rings. The van der Waals surface area contributed by atoms with Gasteiger partial charge in [-0.1, -0.05) is 66.2 Å². The van der Waals surface area contributed by atoms with Crippen LogP contribution in [0.2, 0.25) is 20.1 Å². The molecule has 10 heteroatoms. The van der Waals surface area contributed by atoms with Crippen LogP contribution >= 0.6 is 58.0 Å². The van der Waals surface area contributed by atoms with Crippen molar-refractivity contribution >= 4 is 58.0 Å². The second kappa shape index (κ2) is 13.3. The first kappa shape index (κ1) is 29.2. The van der Waals surface area contributed by atoms with E-state index in [0.717, 1.165) is 11.1 Å². The zero-order valence-electron chi connectivity index (χ0n) is 18.6.